The summed E-state index contributed by atoms with van der Waals surface area (Å²) in [6.45, 7) is 12.3. The molecule has 118 valence electrons. The second-order valence-electron chi connectivity index (χ2n) is 8.10. The molecule has 0 atom stereocenters. The molecule has 2 nitrogen and oxygen atoms in total. The normalized spacial score (nSPS) is 24.1. The van der Waals surface area contributed by atoms with Crippen molar-refractivity contribution in [2.75, 3.05) is 26.2 Å². The molecule has 2 aliphatic rings. The van der Waals surface area contributed by atoms with Gasteiger partial charge in [0.2, 0.25) is 0 Å². The maximum atomic E-state index is 3.86. The number of hydrogen-bond acceptors (Lipinski definition) is 2. The van der Waals surface area contributed by atoms with Crippen molar-refractivity contribution in [3.63, 3.8) is 0 Å². The first-order chi connectivity index (χ1) is 9.55. The van der Waals surface area contributed by atoms with Crippen LogP contribution in [-0.2, 0) is 0 Å². The van der Waals surface area contributed by atoms with Gasteiger partial charge in [0.1, 0.15) is 0 Å². The molecule has 0 aromatic heterocycles. The van der Waals surface area contributed by atoms with Gasteiger partial charge in [-0.25, -0.2) is 0 Å². The van der Waals surface area contributed by atoms with Crippen LogP contribution >= 0.6 is 0 Å². The highest BCUT2D eigenvalue weighted by Crippen LogP contribution is 2.32. The van der Waals surface area contributed by atoms with E-state index in [2.05, 4.69) is 31.0 Å². The third-order valence-corrected chi connectivity index (χ3v) is 5.37. The predicted octanol–water partition coefficient (Wildman–Crippen LogP) is 4.20. The molecular formula is C18H36N2. The second kappa shape index (κ2) is 7.26. The van der Waals surface area contributed by atoms with Crippen molar-refractivity contribution in [1.82, 2.24) is 10.2 Å². The van der Waals surface area contributed by atoms with Gasteiger partial charge in [0.05, 0.1) is 0 Å². The first-order valence-corrected chi connectivity index (χ1v) is 9.03. The highest BCUT2D eigenvalue weighted by molar-refractivity contribution is 4.97. The Kier molecular flexibility index (Phi) is 5.92. The Balaban J connectivity index is 1.82. The molecule has 2 fully saturated rings. The molecule has 1 aliphatic carbocycles. The highest BCUT2D eigenvalue weighted by atomic mass is 15.2. The van der Waals surface area contributed by atoms with E-state index >= 15 is 0 Å². The van der Waals surface area contributed by atoms with E-state index in [1.165, 1.54) is 84.0 Å². The minimum absolute atomic E-state index is 0.468. The van der Waals surface area contributed by atoms with Crippen molar-refractivity contribution in [2.24, 2.45) is 5.41 Å². The lowest BCUT2D eigenvalue weighted by atomic mass is 9.79. The predicted molar refractivity (Wildman–Crippen MR) is 88.2 cm³/mol. The van der Waals surface area contributed by atoms with Crippen LogP contribution in [0.2, 0.25) is 0 Å². The van der Waals surface area contributed by atoms with Crippen LogP contribution in [0.25, 0.3) is 0 Å². The molecule has 20 heavy (non-hydrogen) atoms. The van der Waals surface area contributed by atoms with Crippen LogP contribution in [0.1, 0.15) is 78.6 Å². The topological polar surface area (TPSA) is 15.3 Å². The van der Waals surface area contributed by atoms with Gasteiger partial charge in [-0.1, -0.05) is 59.3 Å². The Bertz CT molecular complexity index is 274. The summed E-state index contributed by atoms with van der Waals surface area (Å²) in [6.07, 6.45) is 12.6. The van der Waals surface area contributed by atoms with Crippen molar-refractivity contribution >= 4 is 0 Å². The van der Waals surface area contributed by atoms with E-state index < -0.39 is 0 Å². The Morgan fingerprint density at radius 1 is 1.10 bits per heavy atom. The summed E-state index contributed by atoms with van der Waals surface area (Å²) in [4.78, 5) is 2.76. The van der Waals surface area contributed by atoms with Gasteiger partial charge in [-0.3, -0.25) is 4.90 Å². The molecule has 0 aromatic carbocycles. The number of piperazine rings is 1. The van der Waals surface area contributed by atoms with Crippen LogP contribution < -0.4 is 5.32 Å². The quantitative estimate of drug-likeness (QED) is 0.734. The average Bonchev–Trinajstić information content (AvgIpc) is 2.39. The first-order valence-electron chi connectivity index (χ1n) is 9.03. The standard InChI is InChI=1S/C18H36N2/c1-4-5-7-10-17(2,3)15-20-14-13-19-18(16-20)11-8-6-9-12-18/h19H,4-16H2,1-3H3. The van der Waals surface area contributed by atoms with Gasteiger partial charge in [0.25, 0.3) is 0 Å². The number of nitrogens with one attached hydrogen (secondary N) is 1. The molecule has 1 saturated heterocycles. The SMILES string of the molecule is CCCCCC(C)(C)CN1CCNC2(CCCCC2)C1. The molecule has 0 bridgehead atoms. The fourth-order valence-corrected chi connectivity index (χ4v) is 4.28. The Hall–Kier alpha value is -0.0800. The van der Waals surface area contributed by atoms with E-state index in [4.69, 9.17) is 0 Å². The third kappa shape index (κ3) is 4.73. The largest absolute Gasteiger partial charge is 0.309 e. The van der Waals surface area contributed by atoms with Crippen molar-refractivity contribution in [3.8, 4) is 0 Å². The summed E-state index contributed by atoms with van der Waals surface area (Å²) in [5.41, 5.74) is 0.957. The summed E-state index contributed by atoms with van der Waals surface area (Å²) >= 11 is 0. The lowest BCUT2D eigenvalue weighted by molar-refractivity contribution is 0.0678. The highest BCUT2D eigenvalue weighted by Gasteiger charge is 2.37. The molecule has 1 saturated carbocycles. The van der Waals surface area contributed by atoms with E-state index in [9.17, 15) is 0 Å². The fraction of sp³-hybridized carbons (Fsp3) is 1.00. The van der Waals surface area contributed by atoms with Crippen molar-refractivity contribution in [2.45, 2.75) is 84.1 Å². The zero-order chi connectivity index (χ0) is 14.5. The van der Waals surface area contributed by atoms with Crippen LogP contribution in [-0.4, -0.2) is 36.6 Å². The first kappa shape index (κ1) is 16.3. The van der Waals surface area contributed by atoms with Gasteiger partial charge >= 0.3 is 0 Å². The smallest absolute Gasteiger partial charge is 0.0309 e. The number of rotatable bonds is 6. The van der Waals surface area contributed by atoms with Crippen molar-refractivity contribution in [1.29, 1.82) is 0 Å². The van der Waals surface area contributed by atoms with Crippen LogP contribution in [0.4, 0.5) is 0 Å². The van der Waals surface area contributed by atoms with Gasteiger partial charge < -0.3 is 5.32 Å². The summed E-state index contributed by atoms with van der Waals surface area (Å²) in [5.74, 6) is 0. The van der Waals surface area contributed by atoms with E-state index in [0.29, 0.717) is 11.0 Å². The molecular weight excluding hydrogens is 244 g/mol. The summed E-state index contributed by atoms with van der Waals surface area (Å²) < 4.78 is 0. The zero-order valence-electron chi connectivity index (χ0n) is 14.1. The monoisotopic (exact) mass is 280 g/mol. The third-order valence-electron chi connectivity index (χ3n) is 5.37. The summed E-state index contributed by atoms with van der Waals surface area (Å²) in [7, 11) is 0. The van der Waals surface area contributed by atoms with Crippen molar-refractivity contribution in [3.05, 3.63) is 0 Å². The van der Waals surface area contributed by atoms with E-state index in [0.717, 1.165) is 0 Å². The molecule has 1 spiro atoms. The molecule has 0 aromatic rings. The number of nitrogens with zero attached hydrogens (tertiary/aromatic N) is 1. The van der Waals surface area contributed by atoms with Gasteiger partial charge in [0.15, 0.2) is 0 Å². The molecule has 2 heteroatoms. The molecule has 0 radical (unpaired) electrons. The van der Waals surface area contributed by atoms with Gasteiger partial charge in [-0.05, 0) is 24.7 Å². The summed E-state index contributed by atoms with van der Waals surface area (Å²) in [5, 5.41) is 3.86. The van der Waals surface area contributed by atoms with Crippen LogP contribution in [0.3, 0.4) is 0 Å². The second-order valence-corrected chi connectivity index (χ2v) is 8.10. The van der Waals surface area contributed by atoms with Crippen LogP contribution in [0.5, 0.6) is 0 Å². The summed E-state index contributed by atoms with van der Waals surface area (Å²) in [6, 6.07) is 0. The van der Waals surface area contributed by atoms with E-state index in [1.54, 1.807) is 0 Å². The van der Waals surface area contributed by atoms with Gasteiger partial charge in [-0.15, -0.1) is 0 Å². The van der Waals surface area contributed by atoms with Gasteiger partial charge in [-0.2, -0.15) is 0 Å². The Morgan fingerprint density at radius 2 is 1.85 bits per heavy atom. The molecule has 0 amide bonds. The minimum atomic E-state index is 0.468. The maximum Gasteiger partial charge on any atom is 0.0309 e. The molecule has 1 N–H and O–H groups in total. The van der Waals surface area contributed by atoms with Crippen LogP contribution in [0.15, 0.2) is 0 Å². The van der Waals surface area contributed by atoms with Gasteiger partial charge in [0, 0.05) is 31.7 Å². The van der Waals surface area contributed by atoms with E-state index in [-0.39, 0.29) is 0 Å². The van der Waals surface area contributed by atoms with Crippen molar-refractivity contribution < 1.29 is 0 Å². The van der Waals surface area contributed by atoms with Crippen LogP contribution in [0, 0.1) is 5.41 Å². The number of unbranched alkanes of at least 4 members (excludes halogenated alkanes) is 2. The number of hydrogen-bond donors (Lipinski definition) is 1. The minimum Gasteiger partial charge on any atom is -0.309 e. The fourth-order valence-electron chi connectivity index (χ4n) is 4.28. The zero-order valence-corrected chi connectivity index (χ0v) is 14.1. The average molecular weight is 280 g/mol. The van der Waals surface area contributed by atoms with E-state index in [1.807, 2.05) is 0 Å². The molecule has 2 rings (SSSR count). The Labute approximate surface area is 126 Å². The molecule has 0 unspecified atom stereocenters. The molecule has 1 aliphatic heterocycles. The lowest BCUT2D eigenvalue weighted by Gasteiger charge is -2.48. The maximum absolute atomic E-state index is 3.86. The lowest BCUT2D eigenvalue weighted by Crippen LogP contribution is -2.62. The Morgan fingerprint density at radius 3 is 2.55 bits per heavy atom. The molecule has 1 heterocycles.